The van der Waals surface area contributed by atoms with Crippen LogP contribution in [0.25, 0.3) is 0 Å². The zero-order chi connectivity index (χ0) is 17.3. The Hall–Kier alpha value is -1.39. The molecule has 0 amide bonds. The summed E-state index contributed by atoms with van der Waals surface area (Å²) in [4.78, 5) is 12.7. The molecule has 2 bridgehead atoms. The lowest BCUT2D eigenvalue weighted by Gasteiger charge is -2.51. The first kappa shape index (κ1) is 17.0. The molecule has 0 aromatic heterocycles. The summed E-state index contributed by atoms with van der Waals surface area (Å²) in [5.41, 5.74) is 0.841. The van der Waals surface area contributed by atoms with Gasteiger partial charge in [-0.2, -0.15) is 0 Å². The third kappa shape index (κ3) is 3.11. The Morgan fingerprint density at radius 1 is 1.08 bits per heavy atom. The Balaban J connectivity index is 1.42. The second-order valence-electron chi connectivity index (χ2n) is 8.17. The minimum absolute atomic E-state index is 0.0356. The molecule has 1 N–H and O–H groups in total. The van der Waals surface area contributed by atoms with Gasteiger partial charge in [0.05, 0.1) is 31.8 Å². The van der Waals surface area contributed by atoms with Crippen LogP contribution in [0.15, 0.2) is 30.3 Å². The summed E-state index contributed by atoms with van der Waals surface area (Å²) >= 11 is 0. The summed E-state index contributed by atoms with van der Waals surface area (Å²) < 4.78 is 7.22. The number of piperidine rings is 2. The maximum atomic E-state index is 12.7. The van der Waals surface area contributed by atoms with Crippen molar-refractivity contribution in [3.05, 3.63) is 35.9 Å². The SMILES string of the molecule is O=C(OC1CC2CCC(C1)[N+]21CCCCC1)C(CO)c1ccccc1. The van der Waals surface area contributed by atoms with Crippen LogP contribution in [0, 0.1) is 0 Å². The normalized spacial score (nSPS) is 31.6. The first-order valence-corrected chi connectivity index (χ1v) is 9.95. The molecule has 1 spiro atoms. The van der Waals surface area contributed by atoms with Gasteiger partial charge in [-0.3, -0.25) is 4.79 Å². The van der Waals surface area contributed by atoms with Gasteiger partial charge in [-0.25, -0.2) is 0 Å². The third-order valence-electron chi connectivity index (χ3n) is 6.96. The average Bonchev–Trinajstić information content (AvgIpc) is 2.83. The van der Waals surface area contributed by atoms with Gasteiger partial charge in [0.15, 0.2) is 0 Å². The van der Waals surface area contributed by atoms with E-state index in [4.69, 9.17) is 4.74 Å². The molecule has 136 valence electrons. The zero-order valence-corrected chi connectivity index (χ0v) is 15.0. The summed E-state index contributed by atoms with van der Waals surface area (Å²) in [6.45, 7) is 2.47. The van der Waals surface area contributed by atoms with E-state index in [9.17, 15) is 9.90 Å². The lowest BCUT2D eigenvalue weighted by atomic mass is 9.91. The Morgan fingerprint density at radius 3 is 2.32 bits per heavy atom. The van der Waals surface area contributed by atoms with Crippen LogP contribution in [-0.2, 0) is 9.53 Å². The quantitative estimate of drug-likeness (QED) is 0.675. The van der Waals surface area contributed by atoms with E-state index < -0.39 is 5.92 Å². The van der Waals surface area contributed by atoms with E-state index >= 15 is 0 Å². The lowest BCUT2D eigenvalue weighted by molar-refractivity contribution is -0.970. The van der Waals surface area contributed by atoms with Gasteiger partial charge >= 0.3 is 5.97 Å². The highest BCUT2D eigenvalue weighted by molar-refractivity contribution is 5.78. The second kappa shape index (κ2) is 7.08. The fourth-order valence-corrected chi connectivity index (χ4v) is 5.73. The van der Waals surface area contributed by atoms with E-state index in [0.717, 1.165) is 18.4 Å². The Bertz CT molecular complexity index is 580. The number of quaternary nitrogens is 1. The van der Waals surface area contributed by atoms with Crippen LogP contribution in [0.2, 0.25) is 0 Å². The van der Waals surface area contributed by atoms with Crippen molar-refractivity contribution < 1.29 is 19.1 Å². The van der Waals surface area contributed by atoms with Crippen LogP contribution in [-0.4, -0.2) is 53.4 Å². The summed E-state index contributed by atoms with van der Waals surface area (Å²) in [5, 5.41) is 9.69. The molecular formula is C21H30NO3+. The third-order valence-corrected chi connectivity index (χ3v) is 6.96. The summed E-state index contributed by atoms with van der Waals surface area (Å²) in [6.07, 6.45) is 8.74. The van der Waals surface area contributed by atoms with E-state index in [1.165, 1.54) is 49.7 Å². The second-order valence-corrected chi connectivity index (χ2v) is 8.17. The number of nitrogens with zero attached hydrogens (tertiary/aromatic N) is 1. The van der Waals surface area contributed by atoms with Crippen molar-refractivity contribution in [3.63, 3.8) is 0 Å². The molecule has 3 aliphatic rings. The van der Waals surface area contributed by atoms with Crippen molar-refractivity contribution in [1.82, 2.24) is 0 Å². The molecule has 3 atom stereocenters. The molecule has 4 nitrogen and oxygen atoms in total. The number of ether oxygens (including phenoxy) is 1. The molecule has 1 aromatic rings. The van der Waals surface area contributed by atoms with Gasteiger partial charge < -0.3 is 14.3 Å². The molecular weight excluding hydrogens is 314 g/mol. The zero-order valence-electron chi connectivity index (χ0n) is 15.0. The lowest BCUT2D eigenvalue weighted by Crippen LogP contribution is -2.63. The number of carbonyl (C=O) groups is 1. The Morgan fingerprint density at radius 2 is 1.72 bits per heavy atom. The standard InChI is InChI=1S/C21H30NO3/c23-15-20(16-7-3-1-4-8-16)21(24)25-19-13-17-9-10-18(14-19)22(17)11-5-2-6-12-22/h1,3-4,7-8,17-20,23H,2,5-6,9-15H2/q+1. The van der Waals surface area contributed by atoms with Crippen molar-refractivity contribution in [3.8, 4) is 0 Å². The minimum atomic E-state index is -0.557. The molecule has 3 heterocycles. The topological polar surface area (TPSA) is 46.5 Å². The van der Waals surface area contributed by atoms with Gasteiger partial charge in [-0.15, -0.1) is 0 Å². The highest BCUT2D eigenvalue weighted by Crippen LogP contribution is 2.45. The molecule has 0 radical (unpaired) electrons. The van der Waals surface area contributed by atoms with Crippen LogP contribution < -0.4 is 0 Å². The smallest absolute Gasteiger partial charge is 0.316 e. The van der Waals surface area contributed by atoms with Crippen LogP contribution >= 0.6 is 0 Å². The summed E-state index contributed by atoms with van der Waals surface area (Å²) in [5.74, 6) is -0.816. The van der Waals surface area contributed by atoms with Crippen molar-refractivity contribution in [1.29, 1.82) is 0 Å². The van der Waals surface area contributed by atoms with Gasteiger partial charge in [0.25, 0.3) is 0 Å². The number of hydrogen-bond donors (Lipinski definition) is 1. The van der Waals surface area contributed by atoms with E-state index in [0.29, 0.717) is 12.1 Å². The maximum absolute atomic E-state index is 12.7. The number of carbonyl (C=O) groups excluding carboxylic acids is 1. The predicted octanol–water partition coefficient (Wildman–Crippen LogP) is 3.00. The van der Waals surface area contributed by atoms with Gasteiger partial charge in [0, 0.05) is 25.7 Å². The van der Waals surface area contributed by atoms with Gasteiger partial charge in [-0.05, 0) is 24.8 Å². The monoisotopic (exact) mass is 344 g/mol. The van der Waals surface area contributed by atoms with Crippen molar-refractivity contribution >= 4 is 5.97 Å². The molecule has 0 aliphatic carbocycles. The number of esters is 1. The Kier molecular flexibility index (Phi) is 4.83. The van der Waals surface area contributed by atoms with E-state index in [1.54, 1.807) is 0 Å². The fraction of sp³-hybridized carbons (Fsp3) is 0.667. The number of hydrogen-bond acceptors (Lipinski definition) is 3. The molecule has 4 heteroatoms. The van der Waals surface area contributed by atoms with Gasteiger partial charge in [0.2, 0.25) is 0 Å². The van der Waals surface area contributed by atoms with Crippen LogP contribution in [0.1, 0.15) is 56.4 Å². The van der Waals surface area contributed by atoms with Crippen LogP contribution in [0.5, 0.6) is 0 Å². The largest absolute Gasteiger partial charge is 0.461 e. The molecule has 3 aliphatic heterocycles. The maximum Gasteiger partial charge on any atom is 0.316 e. The molecule has 1 aromatic carbocycles. The molecule has 4 rings (SSSR count). The van der Waals surface area contributed by atoms with Gasteiger partial charge in [0.1, 0.15) is 12.0 Å². The highest BCUT2D eigenvalue weighted by Gasteiger charge is 2.55. The van der Waals surface area contributed by atoms with Crippen molar-refractivity contribution in [2.24, 2.45) is 0 Å². The molecule has 3 saturated heterocycles. The predicted molar refractivity (Wildman–Crippen MR) is 96.0 cm³/mol. The fourth-order valence-electron chi connectivity index (χ4n) is 5.73. The molecule has 0 saturated carbocycles. The van der Waals surface area contributed by atoms with Crippen molar-refractivity contribution in [2.75, 3.05) is 19.7 Å². The van der Waals surface area contributed by atoms with Crippen molar-refractivity contribution in [2.45, 2.75) is 69.1 Å². The van der Waals surface area contributed by atoms with E-state index in [-0.39, 0.29) is 18.7 Å². The number of aliphatic hydroxyl groups is 1. The van der Waals surface area contributed by atoms with Gasteiger partial charge in [-0.1, -0.05) is 30.3 Å². The van der Waals surface area contributed by atoms with Crippen LogP contribution in [0.4, 0.5) is 0 Å². The van der Waals surface area contributed by atoms with E-state index in [1.807, 2.05) is 30.3 Å². The van der Waals surface area contributed by atoms with Crippen LogP contribution in [0.3, 0.4) is 0 Å². The summed E-state index contributed by atoms with van der Waals surface area (Å²) in [6, 6.07) is 10.9. The first-order chi connectivity index (χ1) is 12.2. The molecule has 3 fully saturated rings. The highest BCUT2D eigenvalue weighted by atomic mass is 16.5. The first-order valence-electron chi connectivity index (χ1n) is 9.95. The average molecular weight is 344 g/mol. The Labute approximate surface area is 150 Å². The molecule has 25 heavy (non-hydrogen) atoms. The minimum Gasteiger partial charge on any atom is -0.461 e. The number of rotatable bonds is 4. The number of benzene rings is 1. The number of aliphatic hydroxyl groups excluding tert-OH is 1. The van der Waals surface area contributed by atoms with E-state index in [2.05, 4.69) is 0 Å². The summed E-state index contributed by atoms with van der Waals surface area (Å²) in [7, 11) is 0. The molecule has 3 unspecified atom stereocenters.